The van der Waals surface area contributed by atoms with Crippen molar-refractivity contribution in [2.24, 2.45) is 5.92 Å². The van der Waals surface area contributed by atoms with Crippen molar-refractivity contribution in [3.63, 3.8) is 0 Å². The van der Waals surface area contributed by atoms with Crippen molar-refractivity contribution in [3.05, 3.63) is 0 Å². The van der Waals surface area contributed by atoms with Gasteiger partial charge in [-0.25, -0.2) is 4.79 Å². The van der Waals surface area contributed by atoms with Crippen molar-refractivity contribution in [3.8, 4) is 0 Å². The van der Waals surface area contributed by atoms with Gasteiger partial charge in [0, 0.05) is 33.3 Å². The van der Waals surface area contributed by atoms with E-state index < -0.39 is 0 Å². The molecule has 0 aromatic heterocycles. The van der Waals surface area contributed by atoms with Gasteiger partial charge in [0.05, 0.1) is 12.6 Å². The number of carbonyl (C=O) groups is 2. The highest BCUT2D eigenvalue weighted by molar-refractivity contribution is 5.90. The first kappa shape index (κ1) is 18.0. The number of hydrogen-bond acceptors (Lipinski definition) is 3. The molecular weight excluding hydrogens is 294 g/mol. The average Bonchev–Trinajstić information content (AvgIpc) is 2.82. The summed E-state index contributed by atoms with van der Waals surface area (Å²) in [6, 6.07) is -0.142. The number of hydrogen-bond donors (Lipinski definition) is 0. The highest BCUT2D eigenvalue weighted by Crippen LogP contribution is 2.29. The van der Waals surface area contributed by atoms with Crippen LogP contribution in [-0.2, 0) is 9.53 Å². The zero-order valence-corrected chi connectivity index (χ0v) is 15.0. The van der Waals surface area contributed by atoms with Gasteiger partial charge in [-0.1, -0.05) is 27.2 Å². The van der Waals surface area contributed by atoms with E-state index in [-0.39, 0.29) is 24.0 Å². The van der Waals surface area contributed by atoms with Gasteiger partial charge >= 0.3 is 6.03 Å². The molecule has 0 unspecified atom stereocenters. The maximum Gasteiger partial charge on any atom is 0.321 e. The zero-order chi connectivity index (χ0) is 17.0. The molecular formula is C17H31N3O3. The van der Waals surface area contributed by atoms with E-state index in [4.69, 9.17) is 4.74 Å². The van der Waals surface area contributed by atoms with Gasteiger partial charge in [0.1, 0.15) is 6.04 Å². The predicted molar refractivity (Wildman–Crippen MR) is 89.2 cm³/mol. The maximum absolute atomic E-state index is 12.8. The number of nitrogens with zero attached hydrogens (tertiary/aromatic N) is 3. The number of piperazine rings is 1. The predicted octanol–water partition coefficient (Wildman–Crippen LogP) is 1.80. The molecule has 2 saturated heterocycles. The van der Waals surface area contributed by atoms with Crippen molar-refractivity contribution in [2.45, 2.75) is 52.1 Å². The van der Waals surface area contributed by atoms with Crippen molar-refractivity contribution < 1.29 is 14.3 Å². The van der Waals surface area contributed by atoms with Crippen LogP contribution in [0.4, 0.5) is 4.79 Å². The van der Waals surface area contributed by atoms with Gasteiger partial charge < -0.3 is 19.4 Å². The van der Waals surface area contributed by atoms with Crippen LogP contribution < -0.4 is 0 Å². The standard InChI is InChI=1S/C17H31N3O3/c1-5-6-7-19-12-14-11-18(8-9-23-4)16(21)15(10-13(2)3)20(14)17(19)22/h13-15H,5-12H2,1-4H3/t14-,15-/m0/s1. The Labute approximate surface area is 139 Å². The molecule has 6 heteroatoms. The molecule has 2 heterocycles. The molecule has 2 atom stereocenters. The van der Waals surface area contributed by atoms with Crippen LogP contribution in [0.1, 0.15) is 40.0 Å². The second kappa shape index (κ2) is 7.99. The molecule has 2 aliphatic rings. The average molecular weight is 325 g/mol. The summed E-state index contributed by atoms with van der Waals surface area (Å²) in [5, 5.41) is 0. The van der Waals surface area contributed by atoms with Gasteiger partial charge in [-0.05, 0) is 18.8 Å². The highest BCUT2D eigenvalue weighted by atomic mass is 16.5. The lowest BCUT2D eigenvalue weighted by molar-refractivity contribution is -0.143. The molecule has 2 fully saturated rings. The monoisotopic (exact) mass is 325 g/mol. The fourth-order valence-corrected chi connectivity index (χ4v) is 3.55. The molecule has 0 N–H and O–H groups in total. The minimum atomic E-state index is -0.315. The fourth-order valence-electron chi connectivity index (χ4n) is 3.55. The molecule has 0 spiro atoms. The quantitative estimate of drug-likeness (QED) is 0.684. The number of methoxy groups -OCH3 is 1. The smallest absolute Gasteiger partial charge is 0.321 e. The Bertz CT molecular complexity index is 427. The molecule has 23 heavy (non-hydrogen) atoms. The normalized spacial score (nSPS) is 24.8. The van der Waals surface area contributed by atoms with Crippen LogP contribution in [0.5, 0.6) is 0 Å². The van der Waals surface area contributed by atoms with Gasteiger partial charge in [-0.2, -0.15) is 0 Å². The van der Waals surface area contributed by atoms with Crippen molar-refractivity contribution in [1.29, 1.82) is 0 Å². The van der Waals surface area contributed by atoms with Gasteiger partial charge in [0.25, 0.3) is 0 Å². The fraction of sp³-hybridized carbons (Fsp3) is 0.882. The van der Waals surface area contributed by atoms with Crippen LogP contribution >= 0.6 is 0 Å². The number of rotatable bonds is 8. The molecule has 2 aliphatic heterocycles. The summed E-state index contributed by atoms with van der Waals surface area (Å²) >= 11 is 0. The van der Waals surface area contributed by atoms with Crippen molar-refractivity contribution >= 4 is 11.9 Å². The number of unbranched alkanes of at least 4 members (excludes halogenated alkanes) is 1. The SMILES string of the molecule is CCCCN1C[C@@H]2CN(CCOC)C(=O)[C@H](CC(C)C)N2C1=O. The summed E-state index contributed by atoms with van der Waals surface area (Å²) in [4.78, 5) is 31.3. The first-order valence-corrected chi connectivity index (χ1v) is 8.84. The lowest BCUT2D eigenvalue weighted by atomic mass is 9.97. The summed E-state index contributed by atoms with van der Waals surface area (Å²) in [6.07, 6.45) is 2.82. The Hall–Kier alpha value is -1.30. The summed E-state index contributed by atoms with van der Waals surface area (Å²) in [7, 11) is 1.65. The van der Waals surface area contributed by atoms with E-state index in [1.54, 1.807) is 7.11 Å². The first-order valence-electron chi connectivity index (χ1n) is 8.84. The van der Waals surface area contributed by atoms with Crippen LogP contribution in [0, 0.1) is 5.92 Å². The maximum atomic E-state index is 12.8. The Balaban J connectivity index is 2.15. The van der Waals surface area contributed by atoms with E-state index in [1.807, 2.05) is 14.7 Å². The summed E-state index contributed by atoms with van der Waals surface area (Å²) in [6.45, 7) is 9.65. The zero-order valence-electron chi connectivity index (χ0n) is 15.0. The minimum Gasteiger partial charge on any atom is -0.383 e. The van der Waals surface area contributed by atoms with E-state index >= 15 is 0 Å². The van der Waals surface area contributed by atoms with E-state index in [0.29, 0.717) is 25.6 Å². The summed E-state index contributed by atoms with van der Waals surface area (Å²) < 4.78 is 5.13. The van der Waals surface area contributed by atoms with E-state index in [2.05, 4.69) is 20.8 Å². The molecule has 0 bridgehead atoms. The molecule has 0 saturated carbocycles. The molecule has 0 radical (unpaired) electrons. The third kappa shape index (κ3) is 3.97. The number of urea groups is 1. The first-order chi connectivity index (χ1) is 11.0. The van der Waals surface area contributed by atoms with E-state index in [9.17, 15) is 9.59 Å². The molecule has 6 nitrogen and oxygen atoms in total. The highest BCUT2D eigenvalue weighted by Gasteiger charge is 2.48. The van der Waals surface area contributed by atoms with Crippen LogP contribution in [0.2, 0.25) is 0 Å². The largest absolute Gasteiger partial charge is 0.383 e. The van der Waals surface area contributed by atoms with Crippen LogP contribution in [-0.4, -0.2) is 78.6 Å². The third-order valence-electron chi connectivity index (χ3n) is 4.72. The topological polar surface area (TPSA) is 53.1 Å². The lowest BCUT2D eigenvalue weighted by Crippen LogP contribution is -2.61. The molecule has 3 amide bonds. The van der Waals surface area contributed by atoms with Crippen molar-refractivity contribution in [2.75, 3.05) is 39.9 Å². The van der Waals surface area contributed by atoms with Gasteiger partial charge in [0.2, 0.25) is 5.91 Å². The Morgan fingerprint density at radius 1 is 1.17 bits per heavy atom. The van der Waals surface area contributed by atoms with Gasteiger partial charge in [-0.3, -0.25) is 4.79 Å². The van der Waals surface area contributed by atoms with Crippen molar-refractivity contribution in [1.82, 2.24) is 14.7 Å². The third-order valence-corrected chi connectivity index (χ3v) is 4.72. The molecule has 0 aromatic carbocycles. The lowest BCUT2D eigenvalue weighted by Gasteiger charge is -2.42. The molecule has 0 aliphatic carbocycles. The number of ether oxygens (including phenoxy) is 1. The van der Waals surface area contributed by atoms with Crippen LogP contribution in [0.3, 0.4) is 0 Å². The summed E-state index contributed by atoms with van der Waals surface area (Å²) in [5.41, 5.74) is 0. The molecule has 2 rings (SSSR count). The number of fused-ring (bicyclic) bond motifs is 1. The van der Waals surface area contributed by atoms with Gasteiger partial charge in [0.15, 0.2) is 0 Å². The van der Waals surface area contributed by atoms with E-state index in [1.165, 1.54) is 0 Å². The number of amides is 3. The summed E-state index contributed by atoms with van der Waals surface area (Å²) in [5.74, 6) is 0.460. The van der Waals surface area contributed by atoms with E-state index in [0.717, 1.165) is 32.4 Å². The minimum absolute atomic E-state index is 0.0499. The molecule has 0 aromatic rings. The molecule has 132 valence electrons. The van der Waals surface area contributed by atoms with Crippen LogP contribution in [0.15, 0.2) is 0 Å². The Morgan fingerprint density at radius 3 is 2.48 bits per heavy atom. The Morgan fingerprint density at radius 2 is 1.87 bits per heavy atom. The second-order valence-electron chi connectivity index (χ2n) is 7.07. The second-order valence-corrected chi connectivity index (χ2v) is 7.07. The van der Waals surface area contributed by atoms with Gasteiger partial charge in [-0.15, -0.1) is 0 Å². The van der Waals surface area contributed by atoms with Crippen LogP contribution in [0.25, 0.3) is 0 Å². The number of carbonyl (C=O) groups excluding carboxylic acids is 2. The Kier molecular flexibility index (Phi) is 6.27.